The van der Waals surface area contributed by atoms with E-state index in [0.717, 1.165) is 17.5 Å². The molecular weight excluding hydrogens is 312 g/mol. The van der Waals surface area contributed by atoms with E-state index in [4.69, 9.17) is 5.73 Å². The molecule has 2 rings (SSSR count). The summed E-state index contributed by atoms with van der Waals surface area (Å²) >= 11 is 0. The first kappa shape index (κ1) is 19.9. The summed E-state index contributed by atoms with van der Waals surface area (Å²) in [6.45, 7) is 2.44. The summed E-state index contributed by atoms with van der Waals surface area (Å²) < 4.78 is 0. The molecule has 0 spiro atoms. The quantitative estimate of drug-likeness (QED) is 0.745. The number of aliphatic hydroxyl groups is 1. The molecule has 0 heterocycles. The summed E-state index contributed by atoms with van der Waals surface area (Å²) in [7, 11) is 0. The Morgan fingerprint density at radius 1 is 1.35 bits per heavy atom. The number of hydrogen-bond donors (Lipinski definition) is 3. The predicted molar refractivity (Wildman–Crippen MR) is 95.4 cm³/mol. The molecule has 0 bridgehead atoms. The number of carbonyl (C=O) groups is 1. The standard InChI is InChI=1S/C18H28N2O2.ClH/c1-13-6-5-9-15(10-13)12-20-18(22)17(21)16(19)11-14-7-3-2-4-8-14;/h5-6,9-10,14,16-17,21H,2-4,7-8,11-12,19H2,1H3,(H,20,22);1H/t16-,17?;/m1./s1. The maximum Gasteiger partial charge on any atom is 0.250 e. The van der Waals surface area contributed by atoms with Crippen LogP contribution in [0.2, 0.25) is 0 Å². The maximum absolute atomic E-state index is 12.0. The van der Waals surface area contributed by atoms with Crippen LogP contribution in [0.25, 0.3) is 0 Å². The van der Waals surface area contributed by atoms with Crippen molar-refractivity contribution in [1.29, 1.82) is 0 Å². The molecule has 23 heavy (non-hydrogen) atoms. The zero-order chi connectivity index (χ0) is 15.9. The summed E-state index contributed by atoms with van der Waals surface area (Å²) in [6, 6.07) is 7.49. The molecule has 5 heteroatoms. The topological polar surface area (TPSA) is 75.3 Å². The number of rotatable bonds is 6. The number of aliphatic hydroxyl groups excluding tert-OH is 1. The molecule has 2 atom stereocenters. The molecule has 1 aromatic carbocycles. The van der Waals surface area contributed by atoms with Crippen LogP contribution in [0.4, 0.5) is 0 Å². The Morgan fingerprint density at radius 2 is 2.04 bits per heavy atom. The van der Waals surface area contributed by atoms with E-state index < -0.39 is 12.1 Å². The Morgan fingerprint density at radius 3 is 2.70 bits per heavy atom. The summed E-state index contributed by atoms with van der Waals surface area (Å²) in [4.78, 5) is 12.0. The summed E-state index contributed by atoms with van der Waals surface area (Å²) in [5, 5.41) is 12.9. The number of nitrogens with two attached hydrogens (primary N) is 1. The third kappa shape index (κ3) is 6.50. The lowest BCUT2D eigenvalue weighted by Crippen LogP contribution is -2.47. The fraction of sp³-hybridized carbons (Fsp3) is 0.611. The fourth-order valence-corrected chi connectivity index (χ4v) is 3.25. The molecule has 1 unspecified atom stereocenters. The zero-order valence-electron chi connectivity index (χ0n) is 13.8. The smallest absolute Gasteiger partial charge is 0.250 e. The molecule has 1 aliphatic carbocycles. The number of aryl methyl sites for hydroxylation is 1. The van der Waals surface area contributed by atoms with Crippen molar-refractivity contribution in [2.45, 2.75) is 64.1 Å². The van der Waals surface area contributed by atoms with Crippen LogP contribution in [0.3, 0.4) is 0 Å². The van der Waals surface area contributed by atoms with Crippen molar-refractivity contribution in [3.63, 3.8) is 0 Å². The third-order valence-electron chi connectivity index (χ3n) is 4.55. The number of carbonyl (C=O) groups excluding carboxylic acids is 1. The second kappa shape index (κ2) is 9.91. The predicted octanol–water partition coefficient (Wildman–Crippen LogP) is 2.69. The van der Waals surface area contributed by atoms with Gasteiger partial charge in [-0.3, -0.25) is 4.79 Å². The molecule has 1 aliphatic rings. The van der Waals surface area contributed by atoms with Crippen molar-refractivity contribution >= 4 is 18.3 Å². The van der Waals surface area contributed by atoms with Crippen LogP contribution in [0.5, 0.6) is 0 Å². The van der Waals surface area contributed by atoms with Gasteiger partial charge in [-0.1, -0.05) is 61.9 Å². The SMILES string of the molecule is Cc1cccc(CNC(=O)C(O)[C@H](N)CC2CCCCC2)c1.Cl. The van der Waals surface area contributed by atoms with Crippen LogP contribution in [-0.4, -0.2) is 23.2 Å². The molecule has 4 nitrogen and oxygen atoms in total. The van der Waals surface area contributed by atoms with E-state index in [1.807, 2.05) is 31.2 Å². The number of benzene rings is 1. The van der Waals surface area contributed by atoms with Crippen molar-refractivity contribution in [3.8, 4) is 0 Å². The van der Waals surface area contributed by atoms with Crippen LogP contribution < -0.4 is 11.1 Å². The first-order valence-electron chi connectivity index (χ1n) is 8.33. The van der Waals surface area contributed by atoms with Crippen LogP contribution >= 0.6 is 12.4 Å². The second-order valence-corrected chi connectivity index (χ2v) is 6.56. The van der Waals surface area contributed by atoms with Gasteiger partial charge < -0.3 is 16.2 Å². The molecule has 0 aromatic heterocycles. The van der Waals surface area contributed by atoms with Gasteiger partial charge in [0.2, 0.25) is 0 Å². The van der Waals surface area contributed by atoms with Crippen LogP contribution in [0.15, 0.2) is 24.3 Å². The van der Waals surface area contributed by atoms with Crippen molar-refractivity contribution in [2.24, 2.45) is 11.7 Å². The minimum Gasteiger partial charge on any atom is -0.382 e. The maximum atomic E-state index is 12.0. The number of nitrogens with one attached hydrogen (secondary N) is 1. The highest BCUT2D eigenvalue weighted by molar-refractivity contribution is 5.85. The highest BCUT2D eigenvalue weighted by Crippen LogP contribution is 2.27. The zero-order valence-corrected chi connectivity index (χ0v) is 14.6. The van der Waals surface area contributed by atoms with Gasteiger partial charge in [0.25, 0.3) is 5.91 Å². The Hall–Kier alpha value is -1.10. The monoisotopic (exact) mass is 340 g/mol. The minimum absolute atomic E-state index is 0. The molecule has 0 radical (unpaired) electrons. The Balaban J connectivity index is 0.00000264. The largest absolute Gasteiger partial charge is 0.382 e. The van der Waals surface area contributed by atoms with Gasteiger partial charge in [0.05, 0.1) is 0 Å². The van der Waals surface area contributed by atoms with E-state index in [0.29, 0.717) is 12.5 Å². The number of amides is 1. The highest BCUT2D eigenvalue weighted by atomic mass is 35.5. The molecular formula is C18H29ClN2O2. The number of halogens is 1. The molecule has 0 saturated heterocycles. The van der Waals surface area contributed by atoms with Crippen molar-refractivity contribution in [3.05, 3.63) is 35.4 Å². The average molecular weight is 341 g/mol. The lowest BCUT2D eigenvalue weighted by atomic mass is 9.84. The van der Waals surface area contributed by atoms with E-state index in [2.05, 4.69) is 5.32 Å². The van der Waals surface area contributed by atoms with Gasteiger partial charge in [-0.05, 0) is 24.8 Å². The highest BCUT2D eigenvalue weighted by Gasteiger charge is 2.26. The molecule has 1 amide bonds. The van der Waals surface area contributed by atoms with E-state index in [9.17, 15) is 9.90 Å². The van der Waals surface area contributed by atoms with E-state index in [1.165, 1.54) is 32.1 Å². The molecule has 130 valence electrons. The molecule has 1 aromatic rings. The van der Waals surface area contributed by atoms with Gasteiger partial charge in [0.15, 0.2) is 0 Å². The fourth-order valence-electron chi connectivity index (χ4n) is 3.25. The first-order valence-corrected chi connectivity index (χ1v) is 8.33. The van der Waals surface area contributed by atoms with E-state index in [1.54, 1.807) is 0 Å². The lowest BCUT2D eigenvalue weighted by molar-refractivity contribution is -0.130. The summed E-state index contributed by atoms with van der Waals surface area (Å²) in [6.07, 6.45) is 5.74. The van der Waals surface area contributed by atoms with Gasteiger partial charge in [-0.25, -0.2) is 0 Å². The molecule has 1 fully saturated rings. The Labute approximate surface area is 145 Å². The van der Waals surface area contributed by atoms with Crippen LogP contribution in [-0.2, 0) is 11.3 Å². The van der Waals surface area contributed by atoms with Crippen LogP contribution in [0.1, 0.15) is 49.7 Å². The number of hydrogen-bond acceptors (Lipinski definition) is 3. The third-order valence-corrected chi connectivity index (χ3v) is 4.55. The van der Waals surface area contributed by atoms with Crippen molar-refractivity contribution in [1.82, 2.24) is 5.32 Å². The van der Waals surface area contributed by atoms with Gasteiger partial charge in [0.1, 0.15) is 6.10 Å². The van der Waals surface area contributed by atoms with Crippen LogP contribution in [0, 0.1) is 12.8 Å². The summed E-state index contributed by atoms with van der Waals surface area (Å²) in [5.41, 5.74) is 8.21. The molecule has 0 aliphatic heterocycles. The Kier molecular flexibility index (Phi) is 8.59. The van der Waals surface area contributed by atoms with Gasteiger partial charge in [-0.15, -0.1) is 12.4 Å². The molecule has 1 saturated carbocycles. The van der Waals surface area contributed by atoms with Crippen molar-refractivity contribution in [2.75, 3.05) is 0 Å². The van der Waals surface area contributed by atoms with E-state index >= 15 is 0 Å². The van der Waals surface area contributed by atoms with Gasteiger partial charge in [-0.2, -0.15) is 0 Å². The minimum atomic E-state index is -1.12. The normalized spacial score (nSPS) is 17.9. The second-order valence-electron chi connectivity index (χ2n) is 6.56. The van der Waals surface area contributed by atoms with Crippen molar-refractivity contribution < 1.29 is 9.90 Å². The molecule has 4 N–H and O–H groups in total. The first-order chi connectivity index (χ1) is 10.6. The van der Waals surface area contributed by atoms with Gasteiger partial charge in [0, 0.05) is 12.6 Å². The van der Waals surface area contributed by atoms with E-state index in [-0.39, 0.29) is 18.3 Å². The average Bonchev–Trinajstić information content (AvgIpc) is 2.53. The van der Waals surface area contributed by atoms with Gasteiger partial charge >= 0.3 is 0 Å². The Bertz CT molecular complexity index is 490. The summed E-state index contributed by atoms with van der Waals surface area (Å²) in [5.74, 6) is 0.188. The lowest BCUT2D eigenvalue weighted by Gasteiger charge is -2.26.